The number of sulfonamides is 1. The summed E-state index contributed by atoms with van der Waals surface area (Å²) >= 11 is 1.10. The third kappa shape index (κ3) is 3.76. The van der Waals surface area contributed by atoms with Crippen LogP contribution in [0.3, 0.4) is 0 Å². The number of hydrogen-bond donors (Lipinski definition) is 1. The molecule has 18 heavy (non-hydrogen) atoms. The molecule has 100 valence electrons. The summed E-state index contributed by atoms with van der Waals surface area (Å²) in [6, 6.07) is 1.48. The van der Waals surface area contributed by atoms with E-state index in [9.17, 15) is 13.2 Å². The highest BCUT2D eigenvalue weighted by atomic mass is 32.2. The van der Waals surface area contributed by atoms with Crippen molar-refractivity contribution in [2.24, 2.45) is 0 Å². The van der Waals surface area contributed by atoms with Crippen LogP contribution < -0.4 is 4.72 Å². The standard InChI is InChI=1S/C10H14N2O4S2/c13-10(9-4-6-17-11-9)12-18(14,15)7-8-3-1-2-5-16-8/h4,6,8H,1-3,5,7H2,(H,12,13). The van der Waals surface area contributed by atoms with Crippen molar-refractivity contribution < 1.29 is 17.9 Å². The lowest BCUT2D eigenvalue weighted by atomic mass is 10.1. The van der Waals surface area contributed by atoms with E-state index in [4.69, 9.17) is 4.74 Å². The first-order valence-corrected chi connectivity index (χ1v) is 8.12. The Morgan fingerprint density at radius 1 is 1.56 bits per heavy atom. The fourth-order valence-electron chi connectivity index (χ4n) is 1.75. The summed E-state index contributed by atoms with van der Waals surface area (Å²) in [6.45, 7) is 0.584. The van der Waals surface area contributed by atoms with Gasteiger partial charge in [-0.3, -0.25) is 4.79 Å². The average molecular weight is 290 g/mol. The molecule has 1 aromatic rings. The van der Waals surface area contributed by atoms with Gasteiger partial charge < -0.3 is 4.74 Å². The number of amides is 1. The van der Waals surface area contributed by atoms with Crippen molar-refractivity contribution in [3.63, 3.8) is 0 Å². The summed E-state index contributed by atoms with van der Waals surface area (Å²) in [6.07, 6.45) is 2.31. The van der Waals surface area contributed by atoms with Crippen LogP contribution in [-0.2, 0) is 14.8 Å². The van der Waals surface area contributed by atoms with Crippen LogP contribution in [0, 0.1) is 0 Å². The Kier molecular flexibility index (Phi) is 4.31. The lowest BCUT2D eigenvalue weighted by Gasteiger charge is -2.22. The third-order valence-electron chi connectivity index (χ3n) is 2.60. The van der Waals surface area contributed by atoms with Crippen molar-refractivity contribution >= 4 is 27.5 Å². The van der Waals surface area contributed by atoms with Crippen LogP contribution in [0.5, 0.6) is 0 Å². The summed E-state index contributed by atoms with van der Waals surface area (Å²) in [5, 5.41) is 1.62. The van der Waals surface area contributed by atoms with Gasteiger partial charge in [0.1, 0.15) is 5.69 Å². The predicted molar refractivity (Wildman–Crippen MR) is 67.0 cm³/mol. The van der Waals surface area contributed by atoms with Crippen LogP contribution in [0.25, 0.3) is 0 Å². The number of carbonyl (C=O) groups is 1. The van der Waals surface area contributed by atoms with E-state index in [0.29, 0.717) is 13.0 Å². The van der Waals surface area contributed by atoms with Crippen molar-refractivity contribution in [3.8, 4) is 0 Å². The average Bonchev–Trinajstić information content (AvgIpc) is 2.82. The van der Waals surface area contributed by atoms with Gasteiger partial charge in [-0.05, 0) is 36.9 Å². The SMILES string of the molecule is O=C(NS(=O)(=O)CC1CCCCO1)c1ccsn1. The molecule has 1 N–H and O–H groups in total. The topological polar surface area (TPSA) is 85.4 Å². The Bertz CT molecular complexity index is 492. The first-order chi connectivity index (χ1) is 8.57. The summed E-state index contributed by atoms with van der Waals surface area (Å²) in [7, 11) is -3.67. The highest BCUT2D eigenvalue weighted by molar-refractivity contribution is 7.90. The Morgan fingerprint density at radius 3 is 3.00 bits per heavy atom. The van der Waals surface area contributed by atoms with Gasteiger partial charge in [0, 0.05) is 12.0 Å². The second-order valence-corrected chi connectivity index (χ2v) is 6.52. The maximum atomic E-state index is 11.8. The van der Waals surface area contributed by atoms with Crippen LogP contribution >= 0.6 is 11.5 Å². The molecule has 0 bridgehead atoms. The quantitative estimate of drug-likeness (QED) is 0.885. The van der Waals surface area contributed by atoms with Gasteiger partial charge in [0.05, 0.1) is 11.9 Å². The summed E-state index contributed by atoms with van der Waals surface area (Å²) in [4.78, 5) is 11.6. The lowest BCUT2D eigenvalue weighted by Crippen LogP contribution is -2.38. The van der Waals surface area contributed by atoms with E-state index in [1.807, 2.05) is 4.72 Å². The zero-order valence-corrected chi connectivity index (χ0v) is 11.3. The second kappa shape index (κ2) is 5.77. The van der Waals surface area contributed by atoms with E-state index in [2.05, 4.69) is 4.37 Å². The lowest BCUT2D eigenvalue weighted by molar-refractivity contribution is 0.0304. The molecule has 1 aliphatic rings. The highest BCUT2D eigenvalue weighted by Crippen LogP contribution is 2.14. The molecule has 8 heteroatoms. The number of hydrogen-bond acceptors (Lipinski definition) is 6. The van der Waals surface area contributed by atoms with Gasteiger partial charge in [0.25, 0.3) is 5.91 Å². The van der Waals surface area contributed by atoms with Crippen LogP contribution in [0.4, 0.5) is 0 Å². The monoisotopic (exact) mass is 290 g/mol. The zero-order valence-electron chi connectivity index (χ0n) is 9.66. The normalized spacial score (nSPS) is 20.6. The predicted octanol–water partition coefficient (Wildman–Crippen LogP) is 0.772. The van der Waals surface area contributed by atoms with Crippen LogP contribution in [0.1, 0.15) is 29.8 Å². The van der Waals surface area contributed by atoms with E-state index in [1.165, 1.54) is 6.07 Å². The van der Waals surface area contributed by atoms with Crippen molar-refractivity contribution in [1.29, 1.82) is 0 Å². The Hall–Kier alpha value is -0.990. The Morgan fingerprint density at radius 2 is 2.39 bits per heavy atom. The van der Waals surface area contributed by atoms with Crippen molar-refractivity contribution in [2.75, 3.05) is 12.4 Å². The molecule has 0 aliphatic carbocycles. The number of rotatable bonds is 4. The smallest absolute Gasteiger partial charge is 0.284 e. The van der Waals surface area contributed by atoms with Gasteiger partial charge in [-0.1, -0.05) is 0 Å². The minimum atomic E-state index is -3.67. The maximum Gasteiger partial charge on any atom is 0.284 e. The molecule has 1 aromatic heterocycles. The molecule has 0 spiro atoms. The number of carbonyl (C=O) groups excluding carboxylic acids is 1. The minimum Gasteiger partial charge on any atom is -0.377 e. The van der Waals surface area contributed by atoms with Crippen LogP contribution in [0.15, 0.2) is 11.4 Å². The number of aromatic nitrogens is 1. The molecular formula is C10H14N2O4S2. The van der Waals surface area contributed by atoms with E-state index in [0.717, 1.165) is 24.4 Å². The fraction of sp³-hybridized carbons (Fsp3) is 0.600. The van der Waals surface area contributed by atoms with E-state index in [1.54, 1.807) is 5.38 Å². The van der Waals surface area contributed by atoms with Crippen LogP contribution in [0.2, 0.25) is 0 Å². The minimum absolute atomic E-state index is 0.119. The molecule has 1 fully saturated rings. The fourth-order valence-corrected chi connectivity index (χ4v) is 3.48. The van der Waals surface area contributed by atoms with Gasteiger partial charge in [0.2, 0.25) is 10.0 Å². The van der Waals surface area contributed by atoms with Crippen molar-refractivity contribution in [1.82, 2.24) is 9.10 Å². The maximum absolute atomic E-state index is 11.8. The number of nitrogens with one attached hydrogen (secondary N) is 1. The van der Waals surface area contributed by atoms with E-state index < -0.39 is 15.9 Å². The van der Waals surface area contributed by atoms with Crippen molar-refractivity contribution in [3.05, 3.63) is 17.1 Å². The largest absolute Gasteiger partial charge is 0.377 e. The molecule has 6 nitrogen and oxygen atoms in total. The molecule has 1 amide bonds. The number of ether oxygens (including phenoxy) is 1. The van der Waals surface area contributed by atoms with Gasteiger partial charge in [-0.2, -0.15) is 4.37 Å². The molecule has 0 radical (unpaired) electrons. The Balaban J connectivity index is 1.92. The summed E-state index contributed by atoms with van der Waals surface area (Å²) in [5.41, 5.74) is 0.119. The molecule has 2 heterocycles. The molecule has 1 unspecified atom stereocenters. The van der Waals surface area contributed by atoms with E-state index >= 15 is 0 Å². The molecular weight excluding hydrogens is 276 g/mol. The van der Waals surface area contributed by atoms with Gasteiger partial charge in [-0.25, -0.2) is 13.1 Å². The summed E-state index contributed by atoms with van der Waals surface area (Å²) < 4.78 is 34.7. The van der Waals surface area contributed by atoms with E-state index in [-0.39, 0.29) is 17.6 Å². The van der Waals surface area contributed by atoms with Gasteiger partial charge >= 0.3 is 0 Å². The number of nitrogens with zero attached hydrogens (tertiary/aromatic N) is 1. The second-order valence-electron chi connectivity index (χ2n) is 4.09. The van der Waals surface area contributed by atoms with Gasteiger partial charge in [-0.15, -0.1) is 0 Å². The first kappa shape index (κ1) is 13.4. The van der Waals surface area contributed by atoms with Crippen LogP contribution in [-0.4, -0.2) is 37.2 Å². The Labute approximate surface area is 110 Å². The molecule has 0 saturated carbocycles. The summed E-state index contributed by atoms with van der Waals surface area (Å²) in [5.74, 6) is -0.866. The molecule has 1 aliphatic heterocycles. The zero-order chi connectivity index (χ0) is 13.0. The molecule has 1 atom stereocenters. The molecule has 0 aromatic carbocycles. The molecule has 2 rings (SSSR count). The first-order valence-electron chi connectivity index (χ1n) is 5.64. The third-order valence-corrected chi connectivity index (χ3v) is 4.46. The molecule has 1 saturated heterocycles. The highest BCUT2D eigenvalue weighted by Gasteiger charge is 2.24. The van der Waals surface area contributed by atoms with Crippen molar-refractivity contribution in [2.45, 2.75) is 25.4 Å². The van der Waals surface area contributed by atoms with Gasteiger partial charge in [0.15, 0.2) is 0 Å².